The predicted octanol–water partition coefficient (Wildman–Crippen LogP) is 3.68. The molecule has 3 aliphatic carbocycles. The third-order valence-electron chi connectivity index (χ3n) is 7.28. The van der Waals surface area contributed by atoms with Gasteiger partial charge in [0.05, 0.1) is 5.25 Å². The van der Waals surface area contributed by atoms with Crippen LogP contribution in [0.1, 0.15) is 77.0 Å². The van der Waals surface area contributed by atoms with Crippen LogP contribution in [0, 0.1) is 23.7 Å². The van der Waals surface area contributed by atoms with Crippen molar-refractivity contribution in [3.05, 3.63) is 0 Å². The summed E-state index contributed by atoms with van der Waals surface area (Å²) in [6.07, 6.45) is 11.8. The van der Waals surface area contributed by atoms with Crippen molar-refractivity contribution in [3.8, 4) is 0 Å². The van der Waals surface area contributed by atoms with Crippen molar-refractivity contribution in [2.45, 2.75) is 87.5 Å². The Labute approximate surface area is 154 Å². The lowest BCUT2D eigenvalue weighted by atomic mass is 9.66. The molecule has 3 rings (SSSR count). The zero-order valence-corrected chi connectivity index (χ0v) is 16.5. The highest BCUT2D eigenvalue weighted by Gasteiger charge is 2.36. The van der Waals surface area contributed by atoms with Crippen LogP contribution in [0.5, 0.6) is 0 Å². The summed E-state index contributed by atoms with van der Waals surface area (Å²) in [5.74, 6) is 2.80. The number of hydrogen-bond donors (Lipinski definition) is 1. The van der Waals surface area contributed by atoms with Crippen LogP contribution in [0.4, 0.5) is 0 Å². The Hall–Kier alpha value is 0.0200. The van der Waals surface area contributed by atoms with Crippen LogP contribution in [0.15, 0.2) is 0 Å². The van der Waals surface area contributed by atoms with Crippen LogP contribution < -0.4 is 0 Å². The first kappa shape index (κ1) is 19.8. The maximum absolute atomic E-state index is 11.3. The van der Waals surface area contributed by atoms with Crippen LogP contribution in [-0.4, -0.2) is 32.2 Å². The summed E-state index contributed by atoms with van der Waals surface area (Å²) < 4.78 is 53.9. The molecule has 0 bridgehead atoms. The van der Waals surface area contributed by atoms with Crippen molar-refractivity contribution in [2.24, 2.45) is 23.7 Å². The molecule has 3 saturated carbocycles. The van der Waals surface area contributed by atoms with E-state index in [1.165, 1.54) is 25.7 Å². The predicted molar refractivity (Wildman–Crippen MR) is 97.4 cm³/mol. The van der Waals surface area contributed by atoms with E-state index >= 15 is 0 Å². The summed E-state index contributed by atoms with van der Waals surface area (Å²) in [5, 5.41) is -0.660. The summed E-state index contributed by atoms with van der Waals surface area (Å²) in [6.45, 7) is 0. The van der Waals surface area contributed by atoms with Crippen LogP contribution in [0.3, 0.4) is 0 Å². The second kappa shape index (κ2) is 8.36. The fraction of sp³-hybridized carbons (Fsp3) is 1.00. The lowest BCUT2D eigenvalue weighted by Crippen LogP contribution is -2.33. The molecule has 0 saturated heterocycles. The van der Waals surface area contributed by atoms with Gasteiger partial charge in [-0.25, -0.2) is 0 Å². The second-order valence-electron chi connectivity index (χ2n) is 8.52. The van der Waals surface area contributed by atoms with Crippen molar-refractivity contribution >= 4 is 21.2 Å². The average Bonchev–Trinajstić information content (AvgIpc) is 2.61. The van der Waals surface area contributed by atoms with E-state index < -0.39 is 26.4 Å². The van der Waals surface area contributed by atoms with Gasteiger partial charge in [-0.05, 0) is 101 Å². The SMILES string of the molecule is O=S([O-])C1CCC(C2CCC(C3CCC(S(=O)(=O)O)CC3)CC2)CC1. The maximum Gasteiger partial charge on any atom is 0.267 e. The first-order valence-electron chi connectivity index (χ1n) is 9.89. The molecule has 0 aromatic rings. The van der Waals surface area contributed by atoms with E-state index in [9.17, 15) is 21.7 Å². The molecule has 25 heavy (non-hydrogen) atoms. The van der Waals surface area contributed by atoms with Gasteiger partial charge in [0.1, 0.15) is 0 Å². The molecular weight excluding hydrogens is 360 g/mol. The van der Waals surface area contributed by atoms with Crippen molar-refractivity contribution in [2.75, 3.05) is 0 Å². The Balaban J connectivity index is 1.42. The standard InChI is InChI=1S/C18H32O5S2/c19-24(20)17-9-5-15(6-10-17)13-1-3-14(4-2-13)16-7-11-18(12-8-16)25(21,22)23/h13-18H,1-12H2,(H,19,20)(H,21,22,23)/p-1. The van der Waals surface area contributed by atoms with Gasteiger partial charge >= 0.3 is 0 Å². The Morgan fingerprint density at radius 3 is 1.32 bits per heavy atom. The molecule has 0 radical (unpaired) electrons. The third kappa shape index (κ3) is 5.05. The molecule has 0 aliphatic heterocycles. The number of hydrogen-bond acceptors (Lipinski definition) is 4. The van der Waals surface area contributed by atoms with Gasteiger partial charge < -0.3 is 4.55 Å². The zero-order valence-electron chi connectivity index (χ0n) is 14.8. The molecule has 0 amide bonds. The van der Waals surface area contributed by atoms with E-state index in [0.717, 1.165) is 44.4 Å². The van der Waals surface area contributed by atoms with E-state index in [1.54, 1.807) is 0 Å². The summed E-state index contributed by atoms with van der Waals surface area (Å²) in [5.41, 5.74) is 0. The molecule has 1 unspecified atom stereocenters. The lowest BCUT2D eigenvalue weighted by molar-refractivity contribution is 0.123. The molecule has 3 aliphatic rings. The van der Waals surface area contributed by atoms with Crippen molar-refractivity contribution < 1.29 is 21.7 Å². The van der Waals surface area contributed by atoms with Crippen molar-refractivity contribution in [1.82, 2.24) is 0 Å². The third-order valence-corrected chi connectivity index (χ3v) is 9.61. The monoisotopic (exact) mass is 391 g/mol. The lowest BCUT2D eigenvalue weighted by Gasteiger charge is -2.41. The van der Waals surface area contributed by atoms with Gasteiger partial charge in [-0.3, -0.25) is 8.76 Å². The molecule has 1 N–H and O–H groups in total. The molecule has 0 aromatic heterocycles. The van der Waals surface area contributed by atoms with Gasteiger partial charge in [-0.15, -0.1) is 0 Å². The van der Waals surface area contributed by atoms with Gasteiger partial charge in [0, 0.05) is 5.25 Å². The van der Waals surface area contributed by atoms with E-state index in [4.69, 9.17) is 0 Å². The quantitative estimate of drug-likeness (QED) is 0.583. The highest BCUT2D eigenvalue weighted by atomic mass is 32.2. The largest absolute Gasteiger partial charge is 0.772 e. The maximum atomic E-state index is 11.3. The molecule has 7 heteroatoms. The zero-order chi connectivity index (χ0) is 18.0. The molecule has 0 heterocycles. The first-order valence-corrected chi connectivity index (χ1v) is 12.5. The smallest absolute Gasteiger partial charge is 0.267 e. The van der Waals surface area contributed by atoms with Crippen LogP contribution in [0.25, 0.3) is 0 Å². The van der Waals surface area contributed by atoms with Gasteiger partial charge in [0.25, 0.3) is 10.1 Å². The van der Waals surface area contributed by atoms with Crippen molar-refractivity contribution in [3.63, 3.8) is 0 Å². The summed E-state index contributed by atoms with van der Waals surface area (Å²) >= 11 is -1.90. The molecule has 0 spiro atoms. The molecule has 146 valence electrons. The van der Waals surface area contributed by atoms with Gasteiger partial charge in [0.15, 0.2) is 0 Å². The highest BCUT2D eigenvalue weighted by molar-refractivity contribution is 7.86. The normalized spacial score (nSPS) is 42.0. The Bertz CT molecular complexity index is 552. The molecule has 3 fully saturated rings. The second-order valence-corrected chi connectivity index (χ2v) is 11.4. The Kier molecular flexibility index (Phi) is 6.61. The summed E-state index contributed by atoms with van der Waals surface area (Å²) in [4.78, 5) is 0. The molecule has 0 aromatic carbocycles. The van der Waals surface area contributed by atoms with E-state index in [-0.39, 0.29) is 5.25 Å². The Morgan fingerprint density at radius 2 is 1.00 bits per heavy atom. The topological polar surface area (TPSA) is 94.5 Å². The van der Waals surface area contributed by atoms with E-state index in [0.29, 0.717) is 30.6 Å². The van der Waals surface area contributed by atoms with Gasteiger partial charge in [-0.2, -0.15) is 8.42 Å². The minimum absolute atomic E-state index is 0.120. The fourth-order valence-electron chi connectivity index (χ4n) is 5.70. The first-order chi connectivity index (χ1) is 11.8. The minimum Gasteiger partial charge on any atom is -0.772 e. The van der Waals surface area contributed by atoms with E-state index in [2.05, 4.69) is 0 Å². The molecule has 1 atom stereocenters. The summed E-state index contributed by atoms with van der Waals surface area (Å²) in [6, 6.07) is 0. The number of rotatable bonds is 4. The minimum atomic E-state index is -3.86. The molecule has 5 nitrogen and oxygen atoms in total. The van der Waals surface area contributed by atoms with Crippen molar-refractivity contribution in [1.29, 1.82) is 0 Å². The Morgan fingerprint density at radius 1 is 0.680 bits per heavy atom. The summed E-state index contributed by atoms with van der Waals surface area (Å²) in [7, 11) is -3.86. The van der Waals surface area contributed by atoms with Gasteiger partial charge in [-0.1, -0.05) is 11.1 Å². The van der Waals surface area contributed by atoms with Gasteiger partial charge in [0.2, 0.25) is 0 Å². The van der Waals surface area contributed by atoms with Crippen LogP contribution in [-0.2, 0) is 21.2 Å². The fourth-order valence-corrected chi connectivity index (χ4v) is 7.22. The molecular formula is C18H31O5S2-. The van der Waals surface area contributed by atoms with Crippen LogP contribution in [0.2, 0.25) is 0 Å². The van der Waals surface area contributed by atoms with E-state index in [1.807, 2.05) is 0 Å². The van der Waals surface area contributed by atoms with Crippen LogP contribution >= 0.6 is 0 Å². The highest BCUT2D eigenvalue weighted by Crippen LogP contribution is 2.45. The average molecular weight is 392 g/mol.